The van der Waals surface area contributed by atoms with Crippen LogP contribution in [0, 0.1) is 11.3 Å². The number of nitriles is 1. The molecule has 0 aliphatic carbocycles. The van der Waals surface area contributed by atoms with Gasteiger partial charge in [0.25, 0.3) is 0 Å². The van der Waals surface area contributed by atoms with Gasteiger partial charge in [-0.3, -0.25) is 9.69 Å². The molecule has 0 saturated carbocycles. The van der Waals surface area contributed by atoms with Crippen molar-refractivity contribution >= 4 is 5.91 Å². The quantitative estimate of drug-likeness (QED) is 0.644. The van der Waals surface area contributed by atoms with Crippen molar-refractivity contribution in [1.82, 2.24) is 15.5 Å². The zero-order chi connectivity index (χ0) is 12.5. The molecule has 5 heteroatoms. The average Bonchev–Trinajstić information content (AvgIpc) is 2.35. The molecule has 96 valence electrons. The minimum absolute atomic E-state index is 0.0463. The first-order chi connectivity index (χ1) is 8.27. The van der Waals surface area contributed by atoms with E-state index in [-0.39, 0.29) is 12.5 Å². The molecule has 1 fully saturated rings. The highest BCUT2D eigenvalue weighted by Gasteiger charge is 2.23. The second kappa shape index (κ2) is 8.04. The Morgan fingerprint density at radius 1 is 1.53 bits per heavy atom. The van der Waals surface area contributed by atoms with Crippen molar-refractivity contribution in [2.75, 3.05) is 32.7 Å². The molecule has 1 unspecified atom stereocenters. The standard InChI is InChI=1S/C12H22N4O/c1-2-14-9-11-5-3-4-8-16(11)10-12(17)15-7-6-13/h11,14H,2-5,7-10H2,1H3,(H,15,17). The molecule has 0 aromatic rings. The van der Waals surface area contributed by atoms with Crippen LogP contribution < -0.4 is 10.6 Å². The number of piperidine rings is 1. The van der Waals surface area contributed by atoms with Crippen LogP contribution in [0.25, 0.3) is 0 Å². The SMILES string of the molecule is CCNCC1CCCCN1CC(=O)NCC#N. The molecule has 0 bridgehead atoms. The van der Waals surface area contributed by atoms with Gasteiger partial charge in [0, 0.05) is 12.6 Å². The third-order valence-corrected chi connectivity index (χ3v) is 3.09. The van der Waals surface area contributed by atoms with Crippen LogP contribution in [0.2, 0.25) is 0 Å². The van der Waals surface area contributed by atoms with Crippen LogP contribution in [0.15, 0.2) is 0 Å². The highest BCUT2D eigenvalue weighted by molar-refractivity contribution is 5.78. The molecule has 1 aliphatic rings. The van der Waals surface area contributed by atoms with Crippen molar-refractivity contribution in [2.45, 2.75) is 32.2 Å². The molecule has 1 amide bonds. The number of likely N-dealkylation sites (tertiary alicyclic amines) is 1. The van der Waals surface area contributed by atoms with Crippen molar-refractivity contribution in [3.05, 3.63) is 0 Å². The highest BCUT2D eigenvalue weighted by atomic mass is 16.2. The van der Waals surface area contributed by atoms with Gasteiger partial charge >= 0.3 is 0 Å². The van der Waals surface area contributed by atoms with Gasteiger partial charge in [0.05, 0.1) is 12.6 Å². The van der Waals surface area contributed by atoms with E-state index in [2.05, 4.69) is 22.5 Å². The van der Waals surface area contributed by atoms with Gasteiger partial charge in [-0.1, -0.05) is 13.3 Å². The van der Waals surface area contributed by atoms with E-state index in [0.29, 0.717) is 12.6 Å². The number of likely N-dealkylation sites (N-methyl/N-ethyl adjacent to an activating group) is 1. The molecule has 1 rings (SSSR count). The Kier molecular flexibility index (Phi) is 6.60. The maximum absolute atomic E-state index is 11.6. The predicted molar refractivity (Wildman–Crippen MR) is 66.4 cm³/mol. The van der Waals surface area contributed by atoms with E-state index < -0.39 is 0 Å². The molecule has 1 aliphatic heterocycles. The van der Waals surface area contributed by atoms with Crippen molar-refractivity contribution in [3.8, 4) is 6.07 Å². The van der Waals surface area contributed by atoms with E-state index in [1.165, 1.54) is 6.42 Å². The fraction of sp³-hybridized carbons (Fsp3) is 0.833. The van der Waals surface area contributed by atoms with Gasteiger partial charge in [0.15, 0.2) is 0 Å². The van der Waals surface area contributed by atoms with Crippen LogP contribution in [0.3, 0.4) is 0 Å². The summed E-state index contributed by atoms with van der Waals surface area (Å²) < 4.78 is 0. The number of hydrogen-bond donors (Lipinski definition) is 2. The number of hydrogen-bond acceptors (Lipinski definition) is 4. The molecule has 5 nitrogen and oxygen atoms in total. The molecule has 1 heterocycles. The van der Waals surface area contributed by atoms with E-state index in [0.717, 1.165) is 32.5 Å². The maximum Gasteiger partial charge on any atom is 0.235 e. The average molecular weight is 238 g/mol. The molecule has 1 atom stereocenters. The number of carbonyl (C=O) groups excluding carboxylic acids is 1. The van der Waals surface area contributed by atoms with E-state index in [1.807, 2.05) is 6.07 Å². The Hall–Kier alpha value is -1.12. The summed E-state index contributed by atoms with van der Waals surface area (Å²) >= 11 is 0. The lowest BCUT2D eigenvalue weighted by atomic mass is 10.0. The summed E-state index contributed by atoms with van der Waals surface area (Å²) in [5, 5.41) is 14.3. The minimum Gasteiger partial charge on any atom is -0.342 e. The van der Waals surface area contributed by atoms with Crippen molar-refractivity contribution in [1.29, 1.82) is 5.26 Å². The number of carbonyl (C=O) groups is 1. The van der Waals surface area contributed by atoms with Gasteiger partial charge in [-0.05, 0) is 25.9 Å². The second-order valence-electron chi connectivity index (χ2n) is 4.36. The first kappa shape index (κ1) is 13.9. The third kappa shape index (κ3) is 5.16. The fourth-order valence-corrected chi connectivity index (χ4v) is 2.19. The van der Waals surface area contributed by atoms with Crippen molar-refractivity contribution in [2.24, 2.45) is 0 Å². The molecule has 1 saturated heterocycles. The van der Waals surface area contributed by atoms with Crippen LogP contribution in [0.1, 0.15) is 26.2 Å². The third-order valence-electron chi connectivity index (χ3n) is 3.09. The lowest BCUT2D eigenvalue weighted by Crippen LogP contribution is -2.49. The maximum atomic E-state index is 11.6. The van der Waals surface area contributed by atoms with Gasteiger partial charge in [-0.2, -0.15) is 5.26 Å². The van der Waals surface area contributed by atoms with Gasteiger partial charge in [-0.15, -0.1) is 0 Å². The first-order valence-electron chi connectivity index (χ1n) is 6.36. The molecular weight excluding hydrogens is 216 g/mol. The summed E-state index contributed by atoms with van der Waals surface area (Å²) in [5.41, 5.74) is 0. The molecule has 2 N–H and O–H groups in total. The van der Waals surface area contributed by atoms with E-state index in [9.17, 15) is 4.79 Å². The number of nitrogens with one attached hydrogen (secondary N) is 2. The van der Waals surface area contributed by atoms with Crippen molar-refractivity contribution in [3.63, 3.8) is 0 Å². The summed E-state index contributed by atoms with van der Waals surface area (Å²) in [5.74, 6) is -0.0463. The van der Waals surface area contributed by atoms with Crippen LogP contribution in [0.4, 0.5) is 0 Å². The van der Waals surface area contributed by atoms with Crippen LogP contribution >= 0.6 is 0 Å². The smallest absolute Gasteiger partial charge is 0.235 e. The lowest BCUT2D eigenvalue weighted by molar-refractivity contribution is -0.122. The minimum atomic E-state index is -0.0463. The Morgan fingerprint density at radius 2 is 2.35 bits per heavy atom. The summed E-state index contributed by atoms with van der Waals surface area (Å²) in [6.07, 6.45) is 3.55. The van der Waals surface area contributed by atoms with Crippen LogP contribution in [-0.4, -0.2) is 49.6 Å². The van der Waals surface area contributed by atoms with Crippen LogP contribution in [0.5, 0.6) is 0 Å². The van der Waals surface area contributed by atoms with Crippen LogP contribution in [-0.2, 0) is 4.79 Å². The highest BCUT2D eigenvalue weighted by Crippen LogP contribution is 2.15. The molecular formula is C12H22N4O. The lowest BCUT2D eigenvalue weighted by Gasteiger charge is -2.35. The number of nitrogens with zero attached hydrogens (tertiary/aromatic N) is 2. The van der Waals surface area contributed by atoms with Gasteiger partial charge in [0.2, 0.25) is 5.91 Å². The monoisotopic (exact) mass is 238 g/mol. The molecule has 17 heavy (non-hydrogen) atoms. The van der Waals surface area contributed by atoms with Crippen molar-refractivity contribution < 1.29 is 4.79 Å². The molecule has 0 radical (unpaired) electrons. The van der Waals surface area contributed by atoms with E-state index in [4.69, 9.17) is 5.26 Å². The Labute approximate surface area is 103 Å². The number of rotatable bonds is 6. The summed E-state index contributed by atoms with van der Waals surface area (Å²) in [6.45, 7) is 5.50. The topological polar surface area (TPSA) is 68.2 Å². The molecule has 0 aromatic heterocycles. The largest absolute Gasteiger partial charge is 0.342 e. The zero-order valence-electron chi connectivity index (χ0n) is 10.5. The Balaban J connectivity index is 2.36. The van der Waals surface area contributed by atoms with E-state index >= 15 is 0 Å². The fourth-order valence-electron chi connectivity index (χ4n) is 2.19. The molecule has 0 spiro atoms. The predicted octanol–water partition coefficient (Wildman–Crippen LogP) is 0.0902. The first-order valence-corrected chi connectivity index (χ1v) is 6.36. The Bertz CT molecular complexity index is 274. The normalized spacial score (nSPS) is 20.8. The van der Waals surface area contributed by atoms with E-state index in [1.54, 1.807) is 0 Å². The summed E-state index contributed by atoms with van der Waals surface area (Å²) in [7, 11) is 0. The van der Waals surface area contributed by atoms with Gasteiger partial charge < -0.3 is 10.6 Å². The second-order valence-corrected chi connectivity index (χ2v) is 4.36. The Morgan fingerprint density at radius 3 is 3.06 bits per heavy atom. The van der Waals surface area contributed by atoms with Gasteiger partial charge in [0.1, 0.15) is 6.54 Å². The molecule has 0 aromatic carbocycles. The number of amides is 1. The van der Waals surface area contributed by atoms with Gasteiger partial charge in [-0.25, -0.2) is 0 Å². The summed E-state index contributed by atoms with van der Waals surface area (Å²) in [4.78, 5) is 13.8. The summed E-state index contributed by atoms with van der Waals surface area (Å²) in [6, 6.07) is 2.37. The zero-order valence-corrected chi connectivity index (χ0v) is 10.5.